The van der Waals surface area contributed by atoms with Gasteiger partial charge in [0.2, 0.25) is 6.79 Å². The van der Waals surface area contributed by atoms with Gasteiger partial charge in [-0.1, -0.05) is 60.1 Å². The Kier molecular flexibility index (Phi) is 11.4. The minimum absolute atomic E-state index is 0.0305. The van der Waals surface area contributed by atoms with Gasteiger partial charge in [0.25, 0.3) is 0 Å². The first-order valence-corrected chi connectivity index (χ1v) is 23.8. The molecule has 7 rings (SSSR count). The Hall–Kier alpha value is -1.78. The van der Waals surface area contributed by atoms with E-state index in [9.17, 15) is 22.4 Å². The molecule has 1 aliphatic heterocycles. The molecule has 0 aromatic rings. The summed E-state index contributed by atoms with van der Waals surface area (Å²) in [6, 6.07) is 0. The Morgan fingerprint density at radius 3 is 2.33 bits per heavy atom. The lowest BCUT2D eigenvalue weighted by Crippen LogP contribution is -2.67. The monoisotopic (exact) mass is 787 g/mol. The Bertz CT molecular complexity index is 1650. The number of allylic oxidation sites excluding steroid dienone is 4. The van der Waals surface area contributed by atoms with Crippen molar-refractivity contribution in [1.82, 2.24) is 10.2 Å². The molecule has 5 fully saturated rings. The molecule has 1 saturated heterocycles. The number of fused-ring (bicyclic) bond motifs is 7. The molecular weight excluding hydrogens is 716 g/mol. The maximum atomic E-state index is 14.6. The van der Waals surface area contributed by atoms with Crippen molar-refractivity contribution in [3.63, 3.8) is 0 Å². The van der Waals surface area contributed by atoms with Gasteiger partial charge in [-0.25, -0.2) is 12.8 Å². The third kappa shape index (κ3) is 6.99. The maximum absolute atomic E-state index is 14.6. The highest BCUT2D eigenvalue weighted by molar-refractivity contribution is 7.91. The molecule has 0 spiro atoms. The third-order valence-electron chi connectivity index (χ3n) is 17.8. The van der Waals surface area contributed by atoms with Crippen LogP contribution in [0.1, 0.15) is 138 Å². The lowest BCUT2D eigenvalue weighted by Gasteiger charge is -2.72. The van der Waals surface area contributed by atoms with Gasteiger partial charge in [0.05, 0.1) is 11.5 Å². The van der Waals surface area contributed by atoms with Crippen molar-refractivity contribution in [3.8, 4) is 0 Å². The molecule has 0 radical (unpaired) electrons. The molecule has 0 amide bonds. The summed E-state index contributed by atoms with van der Waals surface area (Å²) >= 11 is 0. The summed E-state index contributed by atoms with van der Waals surface area (Å²) in [5.74, 6) is 2.24. The van der Waals surface area contributed by atoms with Crippen molar-refractivity contribution in [2.45, 2.75) is 143 Å². The zero-order valence-corrected chi connectivity index (χ0v) is 35.7. The number of ether oxygens (including phenoxy) is 2. The van der Waals surface area contributed by atoms with Crippen LogP contribution in [0, 0.1) is 50.7 Å². The highest BCUT2D eigenvalue weighted by Crippen LogP contribution is 2.76. The fraction of sp³-hybridized carbons (Fsp3) is 0.867. The van der Waals surface area contributed by atoms with Crippen LogP contribution < -0.4 is 5.32 Å². The molecule has 0 aromatic carbocycles. The fourth-order valence-corrected chi connectivity index (χ4v) is 15.8. The normalized spacial score (nSPS) is 42.1. The topological polar surface area (TPSA) is 102 Å². The number of nitrogens with zero attached hydrogens (tertiary/aromatic N) is 1. The van der Waals surface area contributed by atoms with E-state index in [4.69, 9.17) is 9.47 Å². The van der Waals surface area contributed by atoms with Gasteiger partial charge >= 0.3 is 11.9 Å². The van der Waals surface area contributed by atoms with E-state index >= 15 is 0 Å². The first kappa shape index (κ1) is 41.4. The highest BCUT2D eigenvalue weighted by Gasteiger charge is 2.69. The van der Waals surface area contributed by atoms with Gasteiger partial charge in [0.15, 0.2) is 9.84 Å². The number of carbonyl (C=O) groups is 2. The van der Waals surface area contributed by atoms with E-state index in [-0.39, 0.29) is 28.2 Å². The van der Waals surface area contributed by atoms with Crippen molar-refractivity contribution < 1.29 is 31.9 Å². The quantitative estimate of drug-likeness (QED) is 0.165. The van der Waals surface area contributed by atoms with Crippen LogP contribution in [0.2, 0.25) is 0 Å². The summed E-state index contributed by atoms with van der Waals surface area (Å²) in [7, 11) is -2.86. The molecule has 6 aliphatic carbocycles. The first-order chi connectivity index (χ1) is 26.0. The average molecular weight is 787 g/mol. The van der Waals surface area contributed by atoms with Gasteiger partial charge in [-0.2, -0.15) is 0 Å². The zero-order valence-electron chi connectivity index (χ0n) is 34.9. The largest absolute Gasteiger partial charge is 0.428 e. The highest BCUT2D eigenvalue weighted by atomic mass is 32.2. The summed E-state index contributed by atoms with van der Waals surface area (Å²) in [5.41, 5.74) is 2.44. The van der Waals surface area contributed by atoms with Crippen LogP contribution in [0.5, 0.6) is 0 Å². The second kappa shape index (κ2) is 15.1. The van der Waals surface area contributed by atoms with E-state index in [1.165, 1.54) is 68.9 Å². The number of sulfone groups is 1. The van der Waals surface area contributed by atoms with E-state index in [0.29, 0.717) is 73.4 Å². The summed E-state index contributed by atoms with van der Waals surface area (Å²) in [4.78, 5) is 27.2. The van der Waals surface area contributed by atoms with Crippen LogP contribution in [0.4, 0.5) is 4.39 Å². The standard InChI is InChI=1S/C45H71FN2O6S/c1-7-9-38(49)53-31-54-39(50)44(30-46)20-13-32(14-21-44)33-15-18-41(4)36(40(33,2)3)16-19-43(6)37(41)12-11-34-35-10-8-17-45(35,23-22-42(34,43)5)47-24-25-48-26-28-55(51,52)29-27-48/h13,15,34-37,47H,7-12,14,16-31H2,1-6H3/t34-,35-,36+,37?,41+,42-,43-,44-,45+/m1/s1. The molecule has 0 aromatic heterocycles. The van der Waals surface area contributed by atoms with Gasteiger partial charge in [-0.3, -0.25) is 9.59 Å². The number of esters is 2. The molecule has 55 heavy (non-hydrogen) atoms. The van der Waals surface area contributed by atoms with Crippen molar-refractivity contribution in [2.75, 3.05) is 51.2 Å². The second-order valence-corrected chi connectivity index (χ2v) is 22.8. The van der Waals surface area contributed by atoms with Crippen LogP contribution in [0.15, 0.2) is 23.3 Å². The summed E-state index contributed by atoms with van der Waals surface area (Å²) < 4.78 is 48.9. The van der Waals surface area contributed by atoms with Crippen molar-refractivity contribution >= 4 is 21.8 Å². The lowest BCUT2D eigenvalue weighted by molar-refractivity contribution is -0.218. The van der Waals surface area contributed by atoms with Crippen molar-refractivity contribution in [1.29, 1.82) is 0 Å². The van der Waals surface area contributed by atoms with E-state index in [1.54, 1.807) is 0 Å². The Labute approximate surface area is 331 Å². The predicted octanol–water partition coefficient (Wildman–Crippen LogP) is 8.36. The van der Waals surface area contributed by atoms with Crippen LogP contribution in [0.3, 0.4) is 0 Å². The number of rotatable bonds is 11. The maximum Gasteiger partial charge on any atom is 0.317 e. The first-order valence-electron chi connectivity index (χ1n) is 22.0. The van der Waals surface area contributed by atoms with Crippen molar-refractivity contribution in [3.05, 3.63) is 23.3 Å². The number of alkyl halides is 1. The Morgan fingerprint density at radius 2 is 1.64 bits per heavy atom. The molecule has 9 atom stereocenters. The number of hydrogen-bond donors (Lipinski definition) is 1. The van der Waals surface area contributed by atoms with E-state index in [0.717, 1.165) is 25.4 Å². The van der Waals surface area contributed by atoms with E-state index < -0.39 is 40.7 Å². The van der Waals surface area contributed by atoms with E-state index in [1.807, 2.05) is 6.92 Å². The molecule has 7 aliphatic rings. The molecule has 0 bridgehead atoms. The van der Waals surface area contributed by atoms with Gasteiger partial charge < -0.3 is 19.7 Å². The van der Waals surface area contributed by atoms with Gasteiger partial charge in [-0.05, 0) is 140 Å². The van der Waals surface area contributed by atoms with E-state index in [2.05, 4.69) is 57.0 Å². The summed E-state index contributed by atoms with van der Waals surface area (Å²) in [6.07, 6.45) is 19.6. The van der Waals surface area contributed by atoms with Crippen LogP contribution in [-0.4, -0.2) is 81.9 Å². The minimum atomic E-state index is -2.86. The molecule has 1 unspecified atom stereocenters. The number of carbonyl (C=O) groups excluding carboxylic acids is 2. The van der Waals surface area contributed by atoms with Crippen LogP contribution in [-0.2, 0) is 28.9 Å². The molecule has 8 nitrogen and oxygen atoms in total. The van der Waals surface area contributed by atoms with Crippen LogP contribution >= 0.6 is 0 Å². The molecule has 1 heterocycles. The van der Waals surface area contributed by atoms with Gasteiger partial charge in [0, 0.05) is 38.1 Å². The van der Waals surface area contributed by atoms with Crippen molar-refractivity contribution in [2.24, 2.45) is 50.7 Å². The fourth-order valence-electron chi connectivity index (χ4n) is 14.5. The SMILES string of the molecule is CCCC(=O)OCOC(=O)[C@]1(CF)CC=C(C2=CC[C@]3(C)C4CC[C@@H]5[C@H]6CCC[C@]6(NCCN6CCS(=O)(=O)CC6)CC[C@@]5(C)[C@]4(C)CC[C@H]3C2(C)C)CC1. The second-order valence-electron chi connectivity index (χ2n) is 20.5. The summed E-state index contributed by atoms with van der Waals surface area (Å²) in [6.45, 7) is 16.8. The molecular formula is C45H71FN2O6S. The van der Waals surface area contributed by atoms with Gasteiger partial charge in [-0.15, -0.1) is 0 Å². The van der Waals surface area contributed by atoms with Gasteiger partial charge in [0.1, 0.15) is 12.1 Å². The van der Waals surface area contributed by atoms with Crippen LogP contribution in [0.25, 0.3) is 0 Å². The average Bonchev–Trinajstić information content (AvgIpc) is 3.57. The number of nitrogens with one attached hydrogen (secondary N) is 1. The summed E-state index contributed by atoms with van der Waals surface area (Å²) in [5, 5.41) is 4.16. The molecule has 310 valence electrons. The molecule has 10 heteroatoms. The molecule has 4 saturated carbocycles. The minimum Gasteiger partial charge on any atom is -0.428 e. The Balaban J connectivity index is 1.04. The third-order valence-corrected chi connectivity index (χ3v) is 19.4. The Morgan fingerprint density at radius 1 is 0.873 bits per heavy atom. The smallest absolute Gasteiger partial charge is 0.317 e. The molecule has 1 N–H and O–H groups in total. The predicted molar refractivity (Wildman–Crippen MR) is 214 cm³/mol. The number of hydrogen-bond acceptors (Lipinski definition) is 8. The zero-order chi connectivity index (χ0) is 39.5. The number of halogens is 1. The lowest BCUT2D eigenvalue weighted by atomic mass is 9.33.